The van der Waals surface area contributed by atoms with E-state index in [2.05, 4.69) is 41.4 Å². The number of carbonyl (C=O) groups is 1. The predicted octanol–water partition coefficient (Wildman–Crippen LogP) is 4.90. The molecular formula is C23H28N2O2S. The predicted molar refractivity (Wildman–Crippen MR) is 118 cm³/mol. The van der Waals surface area contributed by atoms with Gasteiger partial charge in [-0.1, -0.05) is 43.7 Å². The Morgan fingerprint density at radius 1 is 1.14 bits per heavy atom. The number of thiophene rings is 1. The second kappa shape index (κ2) is 9.22. The van der Waals surface area contributed by atoms with Crippen molar-refractivity contribution in [1.29, 1.82) is 0 Å². The standard InChI is InChI=1S/C23H28N2O2S/c1-5-8-19-18-9-6-7-10-21(18)28-22(19)23(26)24-15-20(25(2)3)16-11-13-17(27-4)14-12-16/h6-7,9-14,20H,5,8,15H2,1-4H3,(H,24,26). The fourth-order valence-corrected chi connectivity index (χ4v) is 4.64. The van der Waals surface area contributed by atoms with E-state index in [1.54, 1.807) is 18.4 Å². The van der Waals surface area contributed by atoms with Crippen LogP contribution in [0.4, 0.5) is 0 Å². The molecule has 0 aliphatic heterocycles. The maximum atomic E-state index is 13.0. The van der Waals surface area contributed by atoms with Crippen molar-refractivity contribution in [3.8, 4) is 5.75 Å². The highest BCUT2D eigenvalue weighted by Crippen LogP contribution is 2.32. The zero-order valence-electron chi connectivity index (χ0n) is 17.0. The Kier molecular flexibility index (Phi) is 6.70. The zero-order chi connectivity index (χ0) is 20.1. The van der Waals surface area contributed by atoms with Crippen LogP contribution in [0.3, 0.4) is 0 Å². The lowest BCUT2D eigenvalue weighted by Gasteiger charge is -2.25. The molecule has 1 amide bonds. The van der Waals surface area contributed by atoms with E-state index in [0.29, 0.717) is 6.54 Å². The molecule has 0 radical (unpaired) electrons. The largest absolute Gasteiger partial charge is 0.497 e. The van der Waals surface area contributed by atoms with Crippen molar-refractivity contribution >= 4 is 27.3 Å². The summed E-state index contributed by atoms with van der Waals surface area (Å²) in [5.41, 5.74) is 2.32. The van der Waals surface area contributed by atoms with Gasteiger partial charge in [0.1, 0.15) is 5.75 Å². The van der Waals surface area contributed by atoms with Crippen molar-refractivity contribution in [2.75, 3.05) is 27.7 Å². The third-order valence-corrected chi connectivity index (χ3v) is 6.20. The van der Waals surface area contributed by atoms with E-state index in [0.717, 1.165) is 29.0 Å². The van der Waals surface area contributed by atoms with E-state index < -0.39 is 0 Å². The van der Waals surface area contributed by atoms with Crippen molar-refractivity contribution in [2.45, 2.75) is 25.8 Å². The Morgan fingerprint density at radius 3 is 2.50 bits per heavy atom. The molecule has 2 aromatic carbocycles. The van der Waals surface area contributed by atoms with Crippen molar-refractivity contribution < 1.29 is 9.53 Å². The molecule has 1 atom stereocenters. The van der Waals surface area contributed by atoms with Gasteiger partial charge in [-0.25, -0.2) is 0 Å². The van der Waals surface area contributed by atoms with Crippen LogP contribution in [0.25, 0.3) is 10.1 Å². The van der Waals surface area contributed by atoms with Crippen LogP contribution in [0.5, 0.6) is 5.75 Å². The Morgan fingerprint density at radius 2 is 1.86 bits per heavy atom. The number of nitrogens with zero attached hydrogens (tertiary/aromatic N) is 1. The highest BCUT2D eigenvalue weighted by atomic mass is 32.1. The number of methoxy groups -OCH3 is 1. The molecule has 0 aliphatic carbocycles. The van der Waals surface area contributed by atoms with E-state index in [9.17, 15) is 4.79 Å². The second-order valence-electron chi connectivity index (χ2n) is 7.12. The van der Waals surface area contributed by atoms with Crippen LogP contribution < -0.4 is 10.1 Å². The number of aryl methyl sites for hydroxylation is 1. The van der Waals surface area contributed by atoms with Crippen LogP contribution in [-0.4, -0.2) is 38.6 Å². The molecule has 0 saturated carbocycles. The number of hydrogen-bond donors (Lipinski definition) is 1. The third kappa shape index (κ3) is 4.37. The van der Waals surface area contributed by atoms with Gasteiger partial charge in [0.2, 0.25) is 0 Å². The molecule has 0 fully saturated rings. The minimum absolute atomic E-state index is 0.0185. The molecule has 1 aromatic heterocycles. The molecule has 0 bridgehead atoms. The fraction of sp³-hybridized carbons (Fsp3) is 0.348. The van der Waals surface area contributed by atoms with Gasteiger partial charge in [0, 0.05) is 11.2 Å². The zero-order valence-corrected chi connectivity index (χ0v) is 17.8. The topological polar surface area (TPSA) is 41.6 Å². The number of carbonyl (C=O) groups excluding carboxylic acids is 1. The molecule has 28 heavy (non-hydrogen) atoms. The highest BCUT2D eigenvalue weighted by molar-refractivity contribution is 7.21. The molecule has 4 nitrogen and oxygen atoms in total. The fourth-order valence-electron chi connectivity index (χ4n) is 3.47. The van der Waals surface area contributed by atoms with Crippen molar-refractivity contribution in [3.63, 3.8) is 0 Å². The first kappa shape index (κ1) is 20.4. The number of fused-ring (bicyclic) bond motifs is 1. The number of nitrogens with one attached hydrogen (secondary N) is 1. The lowest BCUT2D eigenvalue weighted by atomic mass is 10.0. The van der Waals surface area contributed by atoms with Crippen LogP contribution >= 0.6 is 11.3 Å². The van der Waals surface area contributed by atoms with Gasteiger partial charge in [-0.3, -0.25) is 4.79 Å². The summed E-state index contributed by atoms with van der Waals surface area (Å²) in [5, 5.41) is 4.37. The van der Waals surface area contributed by atoms with Crippen LogP contribution in [0.15, 0.2) is 48.5 Å². The maximum absolute atomic E-state index is 13.0. The molecule has 3 rings (SSSR count). The van der Waals surface area contributed by atoms with Gasteiger partial charge in [-0.15, -0.1) is 11.3 Å². The normalized spacial score (nSPS) is 12.3. The van der Waals surface area contributed by atoms with E-state index in [4.69, 9.17) is 4.74 Å². The molecule has 0 spiro atoms. The van der Waals surface area contributed by atoms with E-state index >= 15 is 0 Å². The summed E-state index contributed by atoms with van der Waals surface area (Å²) < 4.78 is 6.42. The molecule has 0 saturated heterocycles. The number of rotatable bonds is 8. The minimum atomic E-state index is 0.0185. The van der Waals surface area contributed by atoms with Gasteiger partial charge in [0.15, 0.2) is 0 Å². The highest BCUT2D eigenvalue weighted by Gasteiger charge is 2.20. The van der Waals surface area contributed by atoms with Crippen molar-refractivity contribution in [2.24, 2.45) is 0 Å². The summed E-state index contributed by atoms with van der Waals surface area (Å²) in [6, 6.07) is 16.4. The van der Waals surface area contributed by atoms with E-state index in [1.165, 1.54) is 15.6 Å². The van der Waals surface area contributed by atoms with Gasteiger partial charge in [0.05, 0.1) is 18.0 Å². The molecule has 148 valence electrons. The summed E-state index contributed by atoms with van der Waals surface area (Å²) in [6.07, 6.45) is 1.94. The Hall–Kier alpha value is -2.37. The first-order valence-electron chi connectivity index (χ1n) is 9.64. The van der Waals surface area contributed by atoms with Gasteiger partial charge in [-0.2, -0.15) is 0 Å². The van der Waals surface area contributed by atoms with Crippen LogP contribution in [0.2, 0.25) is 0 Å². The molecular weight excluding hydrogens is 368 g/mol. The Balaban J connectivity index is 1.79. The van der Waals surface area contributed by atoms with Gasteiger partial charge in [0.25, 0.3) is 5.91 Å². The van der Waals surface area contributed by atoms with E-state index in [1.807, 2.05) is 38.4 Å². The molecule has 1 N–H and O–H groups in total. The average Bonchev–Trinajstić information content (AvgIpc) is 3.07. The smallest absolute Gasteiger partial charge is 0.261 e. The van der Waals surface area contributed by atoms with Gasteiger partial charge >= 0.3 is 0 Å². The first-order valence-corrected chi connectivity index (χ1v) is 10.5. The van der Waals surface area contributed by atoms with Crippen LogP contribution in [0, 0.1) is 0 Å². The van der Waals surface area contributed by atoms with E-state index in [-0.39, 0.29) is 11.9 Å². The summed E-state index contributed by atoms with van der Waals surface area (Å²) >= 11 is 1.59. The van der Waals surface area contributed by atoms with Crippen LogP contribution in [-0.2, 0) is 6.42 Å². The second-order valence-corrected chi connectivity index (χ2v) is 8.17. The van der Waals surface area contributed by atoms with Crippen molar-refractivity contribution in [1.82, 2.24) is 10.2 Å². The summed E-state index contributed by atoms with van der Waals surface area (Å²) in [7, 11) is 5.73. The summed E-state index contributed by atoms with van der Waals surface area (Å²) in [6.45, 7) is 2.71. The molecule has 3 aromatic rings. The van der Waals surface area contributed by atoms with Crippen LogP contribution in [0.1, 0.15) is 40.2 Å². The third-order valence-electron chi connectivity index (χ3n) is 4.98. The van der Waals surface area contributed by atoms with Gasteiger partial charge in [-0.05, 0) is 55.2 Å². The van der Waals surface area contributed by atoms with Crippen molar-refractivity contribution in [3.05, 3.63) is 64.5 Å². The number of hydrogen-bond acceptors (Lipinski definition) is 4. The Labute approximate surface area is 171 Å². The number of amides is 1. The average molecular weight is 397 g/mol. The monoisotopic (exact) mass is 396 g/mol. The quantitative estimate of drug-likeness (QED) is 0.589. The number of likely N-dealkylation sites (N-methyl/N-ethyl adjacent to an activating group) is 1. The lowest BCUT2D eigenvalue weighted by molar-refractivity contribution is 0.0945. The van der Waals surface area contributed by atoms with Gasteiger partial charge < -0.3 is 15.0 Å². The summed E-state index contributed by atoms with van der Waals surface area (Å²) in [4.78, 5) is 16.0. The Bertz CT molecular complexity index is 931. The number of ether oxygens (including phenoxy) is 1. The first-order chi connectivity index (χ1) is 13.5. The SMILES string of the molecule is CCCc1c(C(=O)NCC(c2ccc(OC)cc2)N(C)C)sc2ccccc12. The molecule has 1 heterocycles. The lowest BCUT2D eigenvalue weighted by Crippen LogP contribution is -2.34. The molecule has 0 aliphatic rings. The minimum Gasteiger partial charge on any atom is -0.497 e. The molecule has 5 heteroatoms. The summed E-state index contributed by atoms with van der Waals surface area (Å²) in [5.74, 6) is 0.852. The maximum Gasteiger partial charge on any atom is 0.261 e. The molecule has 1 unspecified atom stereocenters. The number of benzene rings is 2.